The first-order chi connectivity index (χ1) is 37.3. The van der Waals surface area contributed by atoms with Gasteiger partial charge in [0.2, 0.25) is 59.1 Å². The number of hydrogen-bond acceptors (Lipinski definition) is 19. The quantitative estimate of drug-likeness (QED) is 0.0278. The largest absolute Gasteiger partial charge is 0.508 e. The summed E-state index contributed by atoms with van der Waals surface area (Å²) in [5.41, 5.74) is 11.8. The number of carbonyl (C=O) groups excluding carboxylic acids is 10. The summed E-state index contributed by atoms with van der Waals surface area (Å²) in [5, 5.41) is 90.4. The number of carboxylic acids is 3. The summed E-state index contributed by atoms with van der Waals surface area (Å²) in [6.07, 6.45) is -5.05. The Labute approximate surface area is 459 Å². The number of phenols is 1. The molecule has 0 radical (unpaired) electrons. The number of hydrogen-bond donors (Lipinski definition) is 19. The molecule has 32 heteroatoms. The smallest absolute Gasteiger partial charge is 0.326 e. The molecule has 1 aromatic rings. The van der Waals surface area contributed by atoms with Crippen molar-refractivity contribution >= 4 is 77.0 Å². The second-order valence-corrected chi connectivity index (χ2v) is 19.1. The Bertz CT molecular complexity index is 2340. The van der Waals surface area contributed by atoms with Crippen molar-refractivity contribution in [2.45, 2.75) is 159 Å². The summed E-state index contributed by atoms with van der Waals surface area (Å²) in [4.78, 5) is 167. The fourth-order valence-corrected chi connectivity index (χ4v) is 7.14. The fraction of sp³-hybridized carbons (Fsp3) is 0.604. The van der Waals surface area contributed by atoms with Gasteiger partial charge in [-0.2, -0.15) is 0 Å². The van der Waals surface area contributed by atoms with Gasteiger partial charge in [-0.1, -0.05) is 26.0 Å². The van der Waals surface area contributed by atoms with E-state index in [9.17, 15) is 93.0 Å². The molecule has 80 heavy (non-hydrogen) atoms. The number of aliphatic hydroxyl groups excluding tert-OH is 3. The van der Waals surface area contributed by atoms with Crippen LogP contribution in [0.4, 0.5) is 0 Å². The minimum absolute atomic E-state index is 0.0333. The number of phenolic OH excluding ortho intramolecular Hbond substituents is 1. The van der Waals surface area contributed by atoms with E-state index in [1.807, 2.05) is 19.2 Å². The summed E-state index contributed by atoms with van der Waals surface area (Å²) in [6, 6.07) is -11.1. The van der Waals surface area contributed by atoms with Crippen molar-refractivity contribution < 1.29 is 98.1 Å². The molecule has 0 saturated heterocycles. The number of benzene rings is 1. The Morgan fingerprint density at radius 1 is 0.512 bits per heavy atom. The number of carboxylic acid groups (broad SMARTS) is 3. The van der Waals surface area contributed by atoms with Gasteiger partial charge >= 0.3 is 17.9 Å². The monoisotopic (exact) mass is 1140 g/mol. The molecule has 0 aliphatic rings. The minimum atomic E-state index is -2.04. The molecule has 0 aliphatic carbocycles. The van der Waals surface area contributed by atoms with Crippen molar-refractivity contribution in [2.75, 3.05) is 19.7 Å². The van der Waals surface area contributed by atoms with Gasteiger partial charge in [-0.05, 0) is 83.5 Å². The number of nitrogens with two attached hydrogens (primary N) is 2. The molecule has 0 saturated carbocycles. The highest BCUT2D eigenvalue weighted by Crippen LogP contribution is 2.13. The molecule has 0 aliphatic heterocycles. The number of carbonyl (C=O) groups is 13. The van der Waals surface area contributed by atoms with Crippen LogP contribution in [0.2, 0.25) is 0 Å². The van der Waals surface area contributed by atoms with E-state index >= 15 is 0 Å². The molecule has 0 heterocycles. The summed E-state index contributed by atoms with van der Waals surface area (Å²) < 4.78 is 0. The molecule has 0 spiro atoms. The normalized spacial score (nSPS) is 15.6. The molecule has 32 nitrogen and oxygen atoms in total. The number of aromatic hydroxyl groups is 1. The highest BCUT2D eigenvalue weighted by Gasteiger charge is 2.36. The number of rotatable bonds is 36. The van der Waals surface area contributed by atoms with Crippen LogP contribution in [0.5, 0.6) is 5.75 Å². The van der Waals surface area contributed by atoms with Gasteiger partial charge < -0.3 is 100 Å². The summed E-state index contributed by atoms with van der Waals surface area (Å²) in [7, 11) is 0. The van der Waals surface area contributed by atoms with Gasteiger partial charge in [-0.25, -0.2) is 4.79 Å². The van der Waals surface area contributed by atoms with Crippen LogP contribution >= 0.6 is 0 Å². The lowest BCUT2D eigenvalue weighted by Gasteiger charge is -2.27. The highest BCUT2D eigenvalue weighted by molar-refractivity contribution is 5.99. The maximum atomic E-state index is 14.0. The van der Waals surface area contributed by atoms with Crippen molar-refractivity contribution in [1.82, 2.24) is 53.2 Å². The Morgan fingerprint density at radius 3 is 1.48 bits per heavy atom. The molecule has 1 aromatic carbocycles. The first-order valence-electron chi connectivity index (χ1n) is 25.2. The number of unbranched alkanes of at least 4 members (excludes halogenated alkanes) is 1. The van der Waals surface area contributed by atoms with Crippen LogP contribution in [0.3, 0.4) is 0 Å². The maximum Gasteiger partial charge on any atom is 0.326 e. The number of amides is 10. The van der Waals surface area contributed by atoms with Crippen LogP contribution in [-0.4, -0.2) is 205 Å². The van der Waals surface area contributed by atoms with E-state index in [-0.39, 0.29) is 43.9 Å². The van der Waals surface area contributed by atoms with Gasteiger partial charge in [0.05, 0.1) is 44.2 Å². The molecule has 0 bridgehead atoms. The second kappa shape index (κ2) is 34.7. The third kappa shape index (κ3) is 25.6. The van der Waals surface area contributed by atoms with Crippen molar-refractivity contribution in [3.8, 4) is 5.75 Å². The molecule has 10 amide bonds. The molecule has 1 rings (SSSR count). The third-order valence-electron chi connectivity index (χ3n) is 11.5. The average molecular weight is 1140 g/mol. The molecular weight excluding hydrogens is 1060 g/mol. The number of aliphatic carboxylic acids is 3. The lowest BCUT2D eigenvalue weighted by Crippen LogP contribution is -2.61. The molecule has 21 N–H and O–H groups in total. The predicted octanol–water partition coefficient (Wildman–Crippen LogP) is -7.26. The van der Waals surface area contributed by atoms with E-state index in [0.717, 1.165) is 13.8 Å². The Hall–Kier alpha value is -8.07. The molecule has 0 fully saturated rings. The Morgan fingerprint density at radius 2 is 0.963 bits per heavy atom. The first-order valence-corrected chi connectivity index (χ1v) is 25.2. The topological polar surface area (TPSA) is 536 Å². The van der Waals surface area contributed by atoms with E-state index in [0.29, 0.717) is 12.0 Å². The van der Waals surface area contributed by atoms with Gasteiger partial charge in [-0.15, -0.1) is 0 Å². The van der Waals surface area contributed by atoms with Crippen LogP contribution in [0.25, 0.3) is 0 Å². The molecule has 448 valence electrons. The minimum Gasteiger partial charge on any atom is -0.508 e. The predicted molar refractivity (Wildman–Crippen MR) is 276 cm³/mol. The summed E-state index contributed by atoms with van der Waals surface area (Å²) in [6.45, 7) is 6.53. The highest BCUT2D eigenvalue weighted by atomic mass is 16.4. The van der Waals surface area contributed by atoms with Crippen LogP contribution in [-0.2, 0) is 68.7 Å². The van der Waals surface area contributed by atoms with Crippen molar-refractivity contribution in [1.29, 1.82) is 0 Å². The zero-order chi connectivity index (χ0) is 61.1. The molecule has 0 aromatic heterocycles. The molecule has 0 unspecified atom stereocenters. The van der Waals surface area contributed by atoms with Crippen molar-refractivity contribution in [3.63, 3.8) is 0 Å². The number of nitrogens with one attached hydrogen (secondary N) is 10. The average Bonchev–Trinajstić information content (AvgIpc) is 3.36. The van der Waals surface area contributed by atoms with E-state index in [1.54, 1.807) is 0 Å². The zero-order valence-electron chi connectivity index (χ0n) is 45.0. The van der Waals surface area contributed by atoms with Crippen LogP contribution in [0.15, 0.2) is 24.3 Å². The van der Waals surface area contributed by atoms with Gasteiger partial charge in [0.1, 0.15) is 60.1 Å². The van der Waals surface area contributed by atoms with Gasteiger partial charge in [-0.3, -0.25) is 57.5 Å². The Kier molecular flexibility index (Phi) is 30.4. The maximum absolute atomic E-state index is 14.0. The van der Waals surface area contributed by atoms with Crippen molar-refractivity contribution in [2.24, 2.45) is 17.4 Å². The zero-order valence-corrected chi connectivity index (χ0v) is 45.0. The van der Waals surface area contributed by atoms with Gasteiger partial charge in [0.15, 0.2) is 0 Å². The Balaban J connectivity index is 3.17. The second-order valence-electron chi connectivity index (χ2n) is 19.1. The fourth-order valence-electron chi connectivity index (χ4n) is 7.14. The lowest BCUT2D eigenvalue weighted by atomic mass is 10.0. The third-order valence-corrected chi connectivity index (χ3v) is 11.5. The summed E-state index contributed by atoms with van der Waals surface area (Å²) >= 11 is 0. The SMILES string of the molecule is CC(C)C[C@H](N)C(=O)N[C@H](C(=O)NCC(=O)N[C@@H](CO)C(=O)N[C@H](C(=O)N[C@@H](C)C(=O)N[C@@H](C)C(=O)N[C@@H](CCCCN)C(=O)N[C@@H](Cc1ccc(O)cc1)C(=O)N[C@@H](CC(=O)O)C(=O)N[C@@H](CC(=O)O)C(=O)O)[C@@H](C)O)[C@@H](C)O. The molecular formula is C48H76N12O20. The van der Waals surface area contributed by atoms with E-state index in [2.05, 4.69) is 47.9 Å². The van der Waals surface area contributed by atoms with E-state index < -0.39 is 176 Å². The van der Waals surface area contributed by atoms with Crippen molar-refractivity contribution in [3.05, 3.63) is 29.8 Å². The first kappa shape index (κ1) is 69.9. The summed E-state index contributed by atoms with van der Waals surface area (Å²) in [5.74, 6) is -16.0. The van der Waals surface area contributed by atoms with Crippen LogP contribution < -0.4 is 64.6 Å². The van der Waals surface area contributed by atoms with Gasteiger partial charge in [0.25, 0.3) is 0 Å². The van der Waals surface area contributed by atoms with Crippen LogP contribution in [0, 0.1) is 5.92 Å². The van der Waals surface area contributed by atoms with E-state index in [4.69, 9.17) is 16.6 Å². The molecule has 12 atom stereocenters. The lowest BCUT2D eigenvalue weighted by molar-refractivity contribution is -0.148. The standard InChI is InChI=1S/C48H76N12O20/c1-21(2)15-28(50)41(72)59-37(24(5)62)46(77)51-19-34(65)54-33(20-61)45(76)60-38(25(6)63)47(78)53-22(3)39(70)52-23(4)40(71)55-29(9-7-8-14-49)42(73)56-30(16-26-10-12-27(64)13-11-26)43(74)57-31(17-35(66)67)44(75)58-32(48(79)80)18-36(68)69/h10-13,21-25,28-33,37-38,61-64H,7-9,14-20,49-50H2,1-6H3,(H,51,77)(H,52,70)(H,53,78)(H,54,65)(H,55,71)(H,56,73)(H,57,74)(H,58,75)(H,59,72)(H,60,76)(H,66,67)(H,68,69)(H,79,80)/t22-,23-,24+,25+,28-,29-,30-,31-,32-,33-,37-,38-/m0/s1. The number of aliphatic hydroxyl groups is 3. The van der Waals surface area contributed by atoms with Crippen LogP contribution in [0.1, 0.15) is 85.6 Å². The van der Waals surface area contributed by atoms with Gasteiger partial charge in [0, 0.05) is 6.42 Å². The van der Waals surface area contributed by atoms with E-state index in [1.165, 1.54) is 38.1 Å².